The third kappa shape index (κ3) is 5.08. The number of aliphatic hydroxyl groups is 1. The second-order valence-electron chi connectivity index (χ2n) is 7.17. The Morgan fingerprint density at radius 1 is 1.03 bits per heavy atom. The fraction of sp³-hybridized carbons (Fsp3) is 0.217. The summed E-state index contributed by atoms with van der Waals surface area (Å²) in [5, 5.41) is 10.7. The van der Waals surface area contributed by atoms with Crippen LogP contribution in [0, 0.1) is 0 Å². The van der Waals surface area contributed by atoms with E-state index in [2.05, 4.69) is 9.72 Å². The number of hydrogen-bond donors (Lipinski definition) is 1. The molecule has 2 aromatic carbocycles. The van der Waals surface area contributed by atoms with E-state index in [0.29, 0.717) is 11.1 Å². The molecule has 5 nitrogen and oxygen atoms in total. The first-order chi connectivity index (χ1) is 15.5. The average molecular weight is 500 g/mol. The number of benzene rings is 2. The highest BCUT2D eigenvalue weighted by atomic mass is 35.5. The molecule has 0 aliphatic carbocycles. The van der Waals surface area contributed by atoms with Crippen LogP contribution in [0.15, 0.2) is 60.8 Å². The molecular weight excluding hydrogens is 482 g/mol. The standard InChI is InChI=1S/C23H18Cl2F3NO4/c1-13(22(31,23(26,27)28)16-9-10-29-20(25)12-16)18-8-5-15(11-19(18)24)14-3-6-17(7-4-14)33-21(30)32-2/h3-13,31H,1-2H3. The van der Waals surface area contributed by atoms with Crippen LogP contribution in [0.1, 0.15) is 24.0 Å². The monoisotopic (exact) mass is 499 g/mol. The number of halogens is 5. The molecule has 3 rings (SSSR count). The van der Waals surface area contributed by atoms with Crippen LogP contribution in [0.3, 0.4) is 0 Å². The molecule has 2 unspecified atom stereocenters. The van der Waals surface area contributed by atoms with Gasteiger partial charge in [-0.25, -0.2) is 9.78 Å². The summed E-state index contributed by atoms with van der Waals surface area (Å²) < 4.78 is 51.6. The second-order valence-corrected chi connectivity index (χ2v) is 7.96. The maximum Gasteiger partial charge on any atom is 0.513 e. The van der Waals surface area contributed by atoms with E-state index in [1.807, 2.05) is 0 Å². The maximum atomic E-state index is 14.1. The number of carbonyl (C=O) groups excluding carboxylic acids is 1. The molecule has 174 valence electrons. The summed E-state index contributed by atoms with van der Waals surface area (Å²) in [4.78, 5) is 14.9. The van der Waals surface area contributed by atoms with Gasteiger partial charge in [0.2, 0.25) is 0 Å². The van der Waals surface area contributed by atoms with E-state index < -0.39 is 29.4 Å². The lowest BCUT2D eigenvalue weighted by Gasteiger charge is -2.37. The minimum absolute atomic E-state index is 0.0396. The highest BCUT2D eigenvalue weighted by molar-refractivity contribution is 6.31. The summed E-state index contributed by atoms with van der Waals surface area (Å²) in [5.41, 5.74) is -2.30. The largest absolute Gasteiger partial charge is 0.513 e. The van der Waals surface area contributed by atoms with Crippen LogP contribution < -0.4 is 4.74 Å². The number of rotatable bonds is 5. The molecule has 0 radical (unpaired) electrons. The van der Waals surface area contributed by atoms with Crippen molar-refractivity contribution in [1.29, 1.82) is 0 Å². The van der Waals surface area contributed by atoms with Crippen molar-refractivity contribution in [1.82, 2.24) is 4.98 Å². The zero-order valence-electron chi connectivity index (χ0n) is 17.4. The first-order valence-electron chi connectivity index (χ1n) is 9.54. The Bertz CT molecular complexity index is 1160. The average Bonchev–Trinajstić information content (AvgIpc) is 2.77. The zero-order valence-corrected chi connectivity index (χ0v) is 18.9. The van der Waals surface area contributed by atoms with Crippen LogP contribution in [0.2, 0.25) is 10.2 Å². The Morgan fingerprint density at radius 3 is 2.21 bits per heavy atom. The van der Waals surface area contributed by atoms with E-state index in [4.69, 9.17) is 27.9 Å². The maximum absolute atomic E-state index is 14.1. The van der Waals surface area contributed by atoms with Gasteiger partial charge < -0.3 is 14.6 Å². The van der Waals surface area contributed by atoms with Crippen molar-refractivity contribution in [3.05, 3.63) is 82.1 Å². The molecule has 0 aliphatic rings. The first-order valence-corrected chi connectivity index (χ1v) is 10.3. The quantitative estimate of drug-likeness (QED) is 0.238. The minimum atomic E-state index is -5.02. The smallest absolute Gasteiger partial charge is 0.437 e. The zero-order chi connectivity index (χ0) is 24.4. The molecule has 2 atom stereocenters. The molecule has 0 fully saturated rings. The van der Waals surface area contributed by atoms with Crippen LogP contribution in [0.25, 0.3) is 11.1 Å². The van der Waals surface area contributed by atoms with Gasteiger partial charge >= 0.3 is 12.3 Å². The molecule has 0 saturated carbocycles. The van der Waals surface area contributed by atoms with Gasteiger partial charge in [0.05, 0.1) is 7.11 Å². The van der Waals surface area contributed by atoms with E-state index in [9.17, 15) is 23.1 Å². The molecule has 33 heavy (non-hydrogen) atoms. The van der Waals surface area contributed by atoms with Gasteiger partial charge in [0.25, 0.3) is 0 Å². The molecule has 0 aliphatic heterocycles. The Balaban J connectivity index is 1.96. The lowest BCUT2D eigenvalue weighted by atomic mass is 9.77. The van der Waals surface area contributed by atoms with E-state index in [1.54, 1.807) is 18.2 Å². The lowest BCUT2D eigenvalue weighted by molar-refractivity contribution is -0.274. The summed E-state index contributed by atoms with van der Waals surface area (Å²) in [6.45, 7) is 1.24. The van der Waals surface area contributed by atoms with Gasteiger partial charge in [-0.05, 0) is 52.6 Å². The van der Waals surface area contributed by atoms with Crippen LogP contribution >= 0.6 is 23.2 Å². The van der Waals surface area contributed by atoms with Crippen molar-refractivity contribution in [3.63, 3.8) is 0 Å². The van der Waals surface area contributed by atoms with Crippen LogP contribution in [0.4, 0.5) is 18.0 Å². The molecule has 10 heteroatoms. The number of methoxy groups -OCH3 is 1. The molecule has 0 amide bonds. The van der Waals surface area contributed by atoms with Crippen molar-refractivity contribution in [3.8, 4) is 16.9 Å². The Labute approximate surface area is 197 Å². The van der Waals surface area contributed by atoms with E-state index in [0.717, 1.165) is 18.3 Å². The number of carbonyl (C=O) groups is 1. The fourth-order valence-corrected chi connectivity index (χ4v) is 3.95. The van der Waals surface area contributed by atoms with E-state index >= 15 is 0 Å². The first kappa shape index (κ1) is 24.8. The summed E-state index contributed by atoms with van der Waals surface area (Å²) in [6.07, 6.45) is -4.79. The summed E-state index contributed by atoms with van der Waals surface area (Å²) in [5.74, 6) is -1.21. The third-order valence-corrected chi connectivity index (χ3v) is 5.78. The number of alkyl halides is 3. The minimum Gasteiger partial charge on any atom is -0.437 e. The summed E-state index contributed by atoms with van der Waals surface area (Å²) in [7, 11) is 1.18. The molecule has 1 N–H and O–H groups in total. The van der Waals surface area contributed by atoms with Gasteiger partial charge in [0.15, 0.2) is 5.60 Å². The predicted molar refractivity (Wildman–Crippen MR) is 118 cm³/mol. The fourth-order valence-electron chi connectivity index (χ4n) is 3.43. The van der Waals surface area contributed by atoms with Crippen LogP contribution in [-0.2, 0) is 10.3 Å². The molecule has 1 heterocycles. The van der Waals surface area contributed by atoms with Crippen molar-refractivity contribution in [2.45, 2.75) is 24.6 Å². The van der Waals surface area contributed by atoms with E-state index in [-0.39, 0.29) is 21.5 Å². The Kier molecular flexibility index (Phi) is 7.21. The van der Waals surface area contributed by atoms with Gasteiger partial charge in [-0.15, -0.1) is 0 Å². The number of ether oxygens (including phenoxy) is 2. The molecular formula is C23H18Cl2F3NO4. The van der Waals surface area contributed by atoms with Gasteiger partial charge in [0.1, 0.15) is 10.9 Å². The predicted octanol–water partition coefficient (Wildman–Crippen LogP) is 6.75. The van der Waals surface area contributed by atoms with Crippen molar-refractivity contribution < 1.29 is 32.5 Å². The summed E-state index contributed by atoms with van der Waals surface area (Å²) >= 11 is 12.1. The molecule has 0 spiro atoms. The normalized spacial score (nSPS) is 14.3. The van der Waals surface area contributed by atoms with Crippen molar-refractivity contribution in [2.24, 2.45) is 0 Å². The second kappa shape index (κ2) is 9.59. The van der Waals surface area contributed by atoms with E-state index in [1.165, 1.54) is 38.3 Å². The SMILES string of the molecule is COC(=O)Oc1ccc(-c2ccc(C(C)C(O)(c3ccnc(Cl)c3)C(F)(F)F)c(Cl)c2)cc1. The van der Waals surface area contributed by atoms with Crippen molar-refractivity contribution in [2.75, 3.05) is 7.11 Å². The molecule has 0 saturated heterocycles. The summed E-state index contributed by atoms with van der Waals surface area (Å²) in [6, 6.07) is 12.9. The van der Waals surface area contributed by atoms with Gasteiger partial charge in [-0.1, -0.05) is 54.4 Å². The number of nitrogens with zero attached hydrogens (tertiary/aromatic N) is 1. The lowest BCUT2D eigenvalue weighted by Crippen LogP contribution is -2.46. The van der Waals surface area contributed by atoms with Crippen molar-refractivity contribution >= 4 is 29.4 Å². The molecule has 1 aromatic heterocycles. The van der Waals surface area contributed by atoms with Crippen LogP contribution in [0.5, 0.6) is 5.75 Å². The van der Waals surface area contributed by atoms with Gasteiger partial charge in [0, 0.05) is 17.1 Å². The molecule has 3 aromatic rings. The Morgan fingerprint density at radius 2 is 1.67 bits per heavy atom. The molecule has 0 bridgehead atoms. The Hall–Kier alpha value is -2.81. The topological polar surface area (TPSA) is 68.7 Å². The number of hydrogen-bond acceptors (Lipinski definition) is 5. The number of pyridine rings is 1. The third-order valence-electron chi connectivity index (χ3n) is 5.25. The highest BCUT2D eigenvalue weighted by Gasteiger charge is 2.59. The van der Waals surface area contributed by atoms with Gasteiger partial charge in [-0.3, -0.25) is 0 Å². The number of aromatic nitrogens is 1. The van der Waals surface area contributed by atoms with Crippen LogP contribution in [-0.4, -0.2) is 29.5 Å². The van der Waals surface area contributed by atoms with Gasteiger partial charge in [-0.2, -0.15) is 13.2 Å². The highest BCUT2D eigenvalue weighted by Crippen LogP contribution is 2.50.